The average molecular weight is 744 g/mol. The maximum Gasteiger partial charge on any atom is 0.326 e. The number of nitrogens with zero attached hydrogens (tertiary/aromatic N) is 2. The maximum absolute atomic E-state index is 13.5. The molecule has 276 valence electrons. The van der Waals surface area contributed by atoms with Crippen molar-refractivity contribution in [3.63, 3.8) is 0 Å². The van der Waals surface area contributed by atoms with Crippen LogP contribution in [0.1, 0.15) is 88.0 Å². The number of carboxylic acid groups (broad SMARTS) is 1. The molecule has 2 aromatic heterocycles. The highest BCUT2D eigenvalue weighted by atomic mass is 32.1. The Morgan fingerprint density at radius 2 is 1.52 bits per heavy atom. The number of thiophene rings is 1. The first-order valence-corrected chi connectivity index (χ1v) is 18.9. The van der Waals surface area contributed by atoms with Gasteiger partial charge in [-0.1, -0.05) is 102 Å². The normalized spacial score (nSPS) is 12.5. The number of unbranched alkanes of at least 4 members (excludes halogenated alkanes) is 4. The van der Waals surface area contributed by atoms with Gasteiger partial charge in [0.2, 0.25) is 11.8 Å². The first-order chi connectivity index (χ1) is 24.8. The van der Waals surface area contributed by atoms with Crippen LogP contribution in [0, 0.1) is 0 Å². The highest BCUT2D eigenvalue weighted by Crippen LogP contribution is 2.30. The van der Waals surface area contributed by atoms with Crippen LogP contribution in [0.4, 0.5) is 0 Å². The standard InChI is InChI=1S/C40H49N5O5S2/c1-5-6-7-8-9-22-50-30-16-14-27(15-17-30)29-24-42-36(43-25-29)28-12-10-26(11-13-28)23-32(37(47)44-31(39(48)49)18-21-35(41)46)45-38(51)33-19-20-34(52-33)40(2,3)4/h10-17,19-20,24-25,31-32H,5-9,18,21-23H2,1-4H3,(H2,41,46)(H,44,47)(H,45,51)(H,48,49)/t31-,32-/m0/s1. The van der Waals surface area contributed by atoms with Crippen molar-refractivity contribution >= 4 is 46.3 Å². The number of amides is 2. The van der Waals surface area contributed by atoms with E-state index in [0.29, 0.717) is 17.4 Å². The smallest absolute Gasteiger partial charge is 0.326 e. The number of hydrogen-bond donors (Lipinski definition) is 4. The van der Waals surface area contributed by atoms with Crippen molar-refractivity contribution in [3.8, 4) is 28.3 Å². The number of ether oxygens (including phenoxy) is 1. The number of benzene rings is 2. The van der Waals surface area contributed by atoms with Crippen LogP contribution in [0.5, 0.6) is 5.75 Å². The number of hydrogen-bond acceptors (Lipinski definition) is 8. The van der Waals surface area contributed by atoms with Crippen LogP contribution in [-0.2, 0) is 26.2 Å². The average Bonchev–Trinajstić information content (AvgIpc) is 3.64. The van der Waals surface area contributed by atoms with Gasteiger partial charge >= 0.3 is 5.97 Å². The largest absolute Gasteiger partial charge is 0.494 e. The van der Waals surface area contributed by atoms with Gasteiger partial charge < -0.3 is 26.2 Å². The molecule has 2 amide bonds. The summed E-state index contributed by atoms with van der Waals surface area (Å²) in [6.07, 6.45) is 9.48. The molecule has 0 unspecified atom stereocenters. The lowest BCUT2D eigenvalue weighted by molar-refractivity contribution is -0.142. The van der Waals surface area contributed by atoms with E-state index in [-0.39, 0.29) is 24.7 Å². The Bertz CT molecular complexity index is 1780. The lowest BCUT2D eigenvalue weighted by Gasteiger charge is -2.22. The molecule has 2 aromatic carbocycles. The zero-order chi connectivity index (χ0) is 37.7. The quantitative estimate of drug-likeness (QED) is 0.0575. The predicted molar refractivity (Wildman–Crippen MR) is 210 cm³/mol. The van der Waals surface area contributed by atoms with E-state index in [1.54, 1.807) is 23.7 Å². The molecule has 12 heteroatoms. The van der Waals surface area contributed by atoms with Crippen molar-refractivity contribution in [2.75, 3.05) is 6.61 Å². The number of nitrogens with two attached hydrogens (primary N) is 1. The van der Waals surface area contributed by atoms with E-state index in [0.717, 1.165) is 44.2 Å². The fraction of sp³-hybridized carbons (Fsp3) is 0.400. The van der Waals surface area contributed by atoms with Gasteiger partial charge in [-0.15, -0.1) is 11.3 Å². The number of aliphatic carboxylic acids is 1. The molecule has 4 aromatic rings. The molecule has 0 spiro atoms. The van der Waals surface area contributed by atoms with Crippen LogP contribution < -0.4 is 21.1 Å². The molecule has 0 aliphatic heterocycles. The number of carboxylic acids is 1. The van der Waals surface area contributed by atoms with Gasteiger partial charge in [0.25, 0.3) is 0 Å². The molecule has 10 nitrogen and oxygen atoms in total. The van der Waals surface area contributed by atoms with Crippen LogP contribution in [0.3, 0.4) is 0 Å². The van der Waals surface area contributed by atoms with Crippen molar-refractivity contribution < 1.29 is 24.2 Å². The third-order valence-electron chi connectivity index (χ3n) is 8.49. The van der Waals surface area contributed by atoms with E-state index in [2.05, 4.69) is 48.3 Å². The second-order valence-corrected chi connectivity index (χ2v) is 15.3. The molecular formula is C40H49N5O5S2. The summed E-state index contributed by atoms with van der Waals surface area (Å²) >= 11 is 7.25. The number of carbonyl (C=O) groups excluding carboxylic acids is 2. The molecule has 52 heavy (non-hydrogen) atoms. The molecule has 0 saturated carbocycles. The van der Waals surface area contributed by atoms with E-state index in [4.69, 9.17) is 22.7 Å². The Hall–Kier alpha value is -4.68. The minimum atomic E-state index is -1.29. The van der Waals surface area contributed by atoms with Gasteiger partial charge in [-0.25, -0.2) is 14.8 Å². The molecule has 2 atom stereocenters. The van der Waals surface area contributed by atoms with Crippen molar-refractivity contribution in [2.45, 2.75) is 96.6 Å². The van der Waals surface area contributed by atoms with Gasteiger partial charge in [-0.3, -0.25) is 9.59 Å². The molecular weight excluding hydrogens is 695 g/mol. The highest BCUT2D eigenvalue weighted by Gasteiger charge is 2.27. The zero-order valence-electron chi connectivity index (χ0n) is 30.3. The van der Waals surface area contributed by atoms with Crippen LogP contribution in [0.15, 0.2) is 73.1 Å². The number of thiocarbonyl (C=S) groups is 1. The molecule has 0 radical (unpaired) electrons. The van der Waals surface area contributed by atoms with Crippen LogP contribution >= 0.6 is 23.6 Å². The topological polar surface area (TPSA) is 157 Å². The van der Waals surface area contributed by atoms with E-state index in [9.17, 15) is 19.5 Å². The summed E-state index contributed by atoms with van der Waals surface area (Å²) < 4.78 is 5.89. The van der Waals surface area contributed by atoms with Gasteiger partial charge in [0.05, 0.1) is 11.5 Å². The fourth-order valence-corrected chi connectivity index (χ4v) is 6.71. The molecule has 0 bridgehead atoms. The number of aromatic nitrogens is 2. The SMILES string of the molecule is CCCCCCCOc1ccc(-c2cnc(-c3ccc(C[C@H](NC(=S)c4ccc(C(C)(C)C)s4)C(=O)N[C@@H](CCC(N)=O)C(=O)O)cc3)nc2)cc1. The zero-order valence-corrected chi connectivity index (χ0v) is 31.9. The first-order valence-electron chi connectivity index (χ1n) is 17.7. The summed E-state index contributed by atoms with van der Waals surface area (Å²) in [6.45, 7) is 9.27. The molecule has 0 fully saturated rings. The van der Waals surface area contributed by atoms with Crippen LogP contribution in [0.25, 0.3) is 22.5 Å². The number of carbonyl (C=O) groups is 3. The van der Waals surface area contributed by atoms with Crippen LogP contribution in [0.2, 0.25) is 0 Å². The van der Waals surface area contributed by atoms with Crippen molar-refractivity contribution in [1.29, 1.82) is 0 Å². The summed E-state index contributed by atoms with van der Waals surface area (Å²) in [4.78, 5) is 48.3. The minimum Gasteiger partial charge on any atom is -0.494 e. The lowest BCUT2D eigenvalue weighted by Crippen LogP contribution is -2.52. The Balaban J connectivity index is 1.43. The summed E-state index contributed by atoms with van der Waals surface area (Å²) in [7, 11) is 0. The van der Waals surface area contributed by atoms with Crippen molar-refractivity contribution in [2.24, 2.45) is 5.73 Å². The number of rotatable bonds is 19. The van der Waals surface area contributed by atoms with Gasteiger partial charge in [-0.2, -0.15) is 0 Å². The molecule has 0 aliphatic rings. The number of primary amides is 1. The molecule has 2 heterocycles. The van der Waals surface area contributed by atoms with Gasteiger partial charge in [-0.05, 0) is 53.6 Å². The summed E-state index contributed by atoms with van der Waals surface area (Å²) in [6, 6.07) is 17.2. The van der Waals surface area contributed by atoms with E-state index < -0.39 is 29.9 Å². The molecule has 4 rings (SSSR count). The minimum absolute atomic E-state index is 0.0655. The van der Waals surface area contributed by atoms with Gasteiger partial charge in [0.15, 0.2) is 5.82 Å². The summed E-state index contributed by atoms with van der Waals surface area (Å²) in [5.74, 6) is -1.06. The van der Waals surface area contributed by atoms with Crippen LogP contribution in [-0.4, -0.2) is 56.5 Å². The molecule has 5 N–H and O–H groups in total. The van der Waals surface area contributed by atoms with Crippen molar-refractivity contribution in [3.05, 3.63) is 88.4 Å². The van der Waals surface area contributed by atoms with E-state index in [1.807, 2.05) is 60.7 Å². The predicted octanol–water partition coefficient (Wildman–Crippen LogP) is 7.23. The third-order valence-corrected chi connectivity index (χ3v) is 10.5. The Morgan fingerprint density at radius 3 is 2.12 bits per heavy atom. The van der Waals surface area contributed by atoms with Gasteiger partial charge in [0.1, 0.15) is 22.8 Å². The fourth-order valence-electron chi connectivity index (χ4n) is 5.41. The van der Waals surface area contributed by atoms with Gasteiger partial charge in [0, 0.05) is 41.2 Å². The second-order valence-electron chi connectivity index (χ2n) is 13.8. The summed E-state index contributed by atoms with van der Waals surface area (Å²) in [5, 5.41) is 15.4. The third kappa shape index (κ3) is 12.2. The Morgan fingerprint density at radius 1 is 0.865 bits per heavy atom. The van der Waals surface area contributed by atoms with Crippen molar-refractivity contribution in [1.82, 2.24) is 20.6 Å². The second kappa shape index (κ2) is 19.2. The molecule has 0 saturated heterocycles. The highest BCUT2D eigenvalue weighted by molar-refractivity contribution is 7.81. The van der Waals surface area contributed by atoms with E-state index in [1.165, 1.54) is 25.7 Å². The summed E-state index contributed by atoms with van der Waals surface area (Å²) in [5.41, 5.74) is 8.65. The monoisotopic (exact) mass is 743 g/mol. The Labute approximate surface area is 315 Å². The first kappa shape index (κ1) is 40.1. The maximum atomic E-state index is 13.5. The van der Waals surface area contributed by atoms with E-state index >= 15 is 0 Å². The molecule has 0 aliphatic carbocycles. The lowest BCUT2D eigenvalue weighted by atomic mass is 9.95. The Kier molecular flexibility index (Phi) is 14.8. The number of nitrogens with one attached hydrogen (secondary N) is 2.